The minimum atomic E-state index is -1.24. The second-order valence-electron chi connectivity index (χ2n) is 3.99. The number of benzene rings is 1. The summed E-state index contributed by atoms with van der Waals surface area (Å²) in [5.74, 6) is -2.63. The molecule has 0 spiro atoms. The number of carbonyl (C=O) groups is 3. The van der Waals surface area contributed by atoms with Gasteiger partial charge < -0.3 is 25.0 Å². The quantitative estimate of drug-likeness (QED) is 0.649. The summed E-state index contributed by atoms with van der Waals surface area (Å²) in [7, 11) is 2.75. The fourth-order valence-corrected chi connectivity index (χ4v) is 2.11. The molecule has 9 heteroatoms. The number of amides is 1. The number of thioether (sulfide) groups is 1. The first-order chi connectivity index (χ1) is 10.4. The molecule has 0 radical (unpaired) electrons. The van der Waals surface area contributed by atoms with Crippen molar-refractivity contribution in [2.24, 2.45) is 0 Å². The van der Waals surface area contributed by atoms with Crippen LogP contribution in [0.15, 0.2) is 12.1 Å². The lowest BCUT2D eigenvalue weighted by atomic mass is 10.1. The SMILES string of the molecule is COc1cc(NC(=O)CSCC(=O)O)c(C(=O)O)cc1OC. The molecule has 120 valence electrons. The molecule has 1 aromatic rings. The molecular weight excluding hydrogens is 314 g/mol. The Morgan fingerprint density at radius 1 is 1.09 bits per heavy atom. The van der Waals surface area contributed by atoms with Crippen LogP contribution in [0.3, 0.4) is 0 Å². The first-order valence-electron chi connectivity index (χ1n) is 5.97. The third-order valence-corrected chi connectivity index (χ3v) is 3.40. The van der Waals surface area contributed by atoms with Gasteiger partial charge in [-0.1, -0.05) is 0 Å². The third-order valence-electron chi connectivity index (χ3n) is 2.49. The number of carboxylic acids is 2. The lowest BCUT2D eigenvalue weighted by molar-refractivity contribution is -0.133. The van der Waals surface area contributed by atoms with Gasteiger partial charge >= 0.3 is 11.9 Å². The number of nitrogens with one attached hydrogen (secondary N) is 1. The van der Waals surface area contributed by atoms with Gasteiger partial charge in [0.15, 0.2) is 11.5 Å². The number of rotatable bonds is 8. The van der Waals surface area contributed by atoms with Gasteiger partial charge in [0.2, 0.25) is 5.91 Å². The largest absolute Gasteiger partial charge is 0.493 e. The number of ether oxygens (including phenoxy) is 2. The van der Waals surface area contributed by atoms with Crippen molar-refractivity contribution in [1.82, 2.24) is 0 Å². The van der Waals surface area contributed by atoms with Gasteiger partial charge in [-0.2, -0.15) is 0 Å². The van der Waals surface area contributed by atoms with Crippen LogP contribution in [0.1, 0.15) is 10.4 Å². The molecule has 22 heavy (non-hydrogen) atoms. The van der Waals surface area contributed by atoms with Crippen LogP contribution in [0, 0.1) is 0 Å². The van der Waals surface area contributed by atoms with E-state index in [9.17, 15) is 19.5 Å². The van der Waals surface area contributed by atoms with E-state index in [0.29, 0.717) is 0 Å². The van der Waals surface area contributed by atoms with Gasteiger partial charge in [-0.05, 0) is 0 Å². The van der Waals surface area contributed by atoms with E-state index in [-0.39, 0.29) is 34.3 Å². The van der Waals surface area contributed by atoms with Crippen LogP contribution < -0.4 is 14.8 Å². The Bertz CT molecular complexity index is 588. The third kappa shape index (κ3) is 4.85. The minimum Gasteiger partial charge on any atom is -0.493 e. The number of methoxy groups -OCH3 is 2. The highest BCUT2D eigenvalue weighted by Gasteiger charge is 2.18. The molecule has 3 N–H and O–H groups in total. The topological polar surface area (TPSA) is 122 Å². The fraction of sp³-hybridized carbons (Fsp3) is 0.308. The Kier molecular flexibility index (Phi) is 6.51. The standard InChI is InChI=1S/C13H15NO7S/c1-20-9-3-7(13(18)19)8(4-10(9)21-2)14-11(15)5-22-6-12(16)17/h3-4H,5-6H2,1-2H3,(H,14,15)(H,16,17)(H,18,19). The van der Waals surface area contributed by atoms with E-state index in [0.717, 1.165) is 11.8 Å². The molecule has 0 heterocycles. The number of carboxylic acid groups (broad SMARTS) is 2. The van der Waals surface area contributed by atoms with Crippen molar-refractivity contribution in [1.29, 1.82) is 0 Å². The summed E-state index contributed by atoms with van der Waals surface area (Å²) >= 11 is 0.906. The average Bonchev–Trinajstić information content (AvgIpc) is 2.45. The molecular formula is C13H15NO7S. The molecule has 0 aromatic heterocycles. The molecule has 0 unspecified atom stereocenters. The molecule has 8 nitrogen and oxygen atoms in total. The second-order valence-corrected chi connectivity index (χ2v) is 4.98. The van der Waals surface area contributed by atoms with Crippen LogP contribution in [-0.4, -0.2) is 53.8 Å². The zero-order valence-electron chi connectivity index (χ0n) is 11.9. The van der Waals surface area contributed by atoms with Crippen molar-refractivity contribution in [2.75, 3.05) is 31.0 Å². The van der Waals surface area contributed by atoms with Crippen LogP contribution in [-0.2, 0) is 9.59 Å². The molecule has 0 fully saturated rings. The normalized spacial score (nSPS) is 9.91. The Hall–Kier alpha value is -2.42. The van der Waals surface area contributed by atoms with Gasteiger partial charge in [0, 0.05) is 12.1 Å². The number of aromatic carboxylic acids is 1. The number of anilines is 1. The van der Waals surface area contributed by atoms with E-state index in [2.05, 4.69) is 5.32 Å². The number of carbonyl (C=O) groups excluding carboxylic acids is 1. The highest BCUT2D eigenvalue weighted by molar-refractivity contribution is 8.00. The zero-order valence-corrected chi connectivity index (χ0v) is 12.7. The molecule has 0 aliphatic heterocycles. The maximum Gasteiger partial charge on any atom is 0.337 e. The summed E-state index contributed by atoms with van der Waals surface area (Å²) in [4.78, 5) is 33.4. The van der Waals surface area contributed by atoms with Crippen molar-refractivity contribution < 1.29 is 34.1 Å². The van der Waals surface area contributed by atoms with Crippen LogP contribution in [0.2, 0.25) is 0 Å². The smallest absolute Gasteiger partial charge is 0.337 e. The first-order valence-corrected chi connectivity index (χ1v) is 7.13. The predicted octanol–water partition coefficient (Wildman–Crippen LogP) is 1.16. The summed E-state index contributed by atoms with van der Waals surface area (Å²) in [5.41, 5.74) is -0.111. The highest BCUT2D eigenvalue weighted by atomic mass is 32.2. The molecule has 0 aliphatic carbocycles. The van der Waals surface area contributed by atoms with Crippen LogP contribution in [0.25, 0.3) is 0 Å². The van der Waals surface area contributed by atoms with E-state index >= 15 is 0 Å². The minimum absolute atomic E-state index is 0.0473. The highest BCUT2D eigenvalue weighted by Crippen LogP contribution is 2.33. The van der Waals surface area contributed by atoms with Gasteiger partial charge in [-0.15, -0.1) is 11.8 Å². The average molecular weight is 329 g/mol. The molecule has 1 rings (SSSR count). The molecule has 1 amide bonds. The number of hydrogen-bond donors (Lipinski definition) is 3. The zero-order chi connectivity index (χ0) is 16.7. The van der Waals surface area contributed by atoms with Crippen molar-refractivity contribution in [3.63, 3.8) is 0 Å². The summed E-state index contributed by atoms with van der Waals surface area (Å²) in [6.45, 7) is 0. The van der Waals surface area contributed by atoms with Crippen molar-refractivity contribution in [2.45, 2.75) is 0 Å². The molecule has 0 saturated heterocycles. The second kappa shape index (κ2) is 8.13. The predicted molar refractivity (Wildman–Crippen MR) is 80.1 cm³/mol. The van der Waals surface area contributed by atoms with Crippen molar-refractivity contribution in [3.8, 4) is 11.5 Å². The summed E-state index contributed by atoms with van der Waals surface area (Å²) in [5, 5.41) is 20.1. The van der Waals surface area contributed by atoms with E-state index in [1.165, 1.54) is 26.4 Å². The lowest BCUT2D eigenvalue weighted by Crippen LogP contribution is -2.18. The van der Waals surface area contributed by atoms with E-state index in [4.69, 9.17) is 14.6 Å². The number of hydrogen-bond acceptors (Lipinski definition) is 6. The Morgan fingerprint density at radius 3 is 2.18 bits per heavy atom. The first kappa shape index (κ1) is 17.6. The molecule has 1 aromatic carbocycles. The van der Waals surface area contributed by atoms with Crippen molar-refractivity contribution in [3.05, 3.63) is 17.7 Å². The fourth-order valence-electron chi connectivity index (χ4n) is 1.58. The maximum atomic E-state index is 11.7. The Morgan fingerprint density at radius 2 is 1.68 bits per heavy atom. The molecule has 0 aliphatic rings. The Balaban J connectivity index is 2.94. The van der Waals surface area contributed by atoms with Gasteiger partial charge in [-0.25, -0.2) is 4.79 Å². The van der Waals surface area contributed by atoms with Gasteiger partial charge in [0.1, 0.15) is 0 Å². The maximum absolute atomic E-state index is 11.7. The monoisotopic (exact) mass is 329 g/mol. The summed E-state index contributed by atoms with van der Waals surface area (Å²) < 4.78 is 10.1. The van der Waals surface area contributed by atoms with Gasteiger partial charge in [-0.3, -0.25) is 9.59 Å². The molecule has 0 saturated carbocycles. The van der Waals surface area contributed by atoms with Crippen molar-refractivity contribution >= 4 is 35.3 Å². The summed E-state index contributed by atoms with van der Waals surface area (Å²) in [6.07, 6.45) is 0. The van der Waals surface area contributed by atoms with Crippen LogP contribution >= 0.6 is 11.8 Å². The lowest BCUT2D eigenvalue weighted by Gasteiger charge is -2.13. The van der Waals surface area contributed by atoms with E-state index in [1.54, 1.807) is 0 Å². The van der Waals surface area contributed by atoms with Gasteiger partial charge in [0.25, 0.3) is 0 Å². The summed E-state index contributed by atoms with van der Waals surface area (Å²) in [6, 6.07) is 2.57. The van der Waals surface area contributed by atoms with E-state index < -0.39 is 17.8 Å². The molecule has 0 atom stereocenters. The Labute approximate surface area is 130 Å². The van der Waals surface area contributed by atoms with Gasteiger partial charge in [0.05, 0.1) is 37.0 Å². The van der Waals surface area contributed by atoms with E-state index in [1.807, 2.05) is 0 Å². The van der Waals surface area contributed by atoms with Crippen LogP contribution in [0.4, 0.5) is 5.69 Å². The molecule has 0 bridgehead atoms. The number of aliphatic carboxylic acids is 1. The van der Waals surface area contributed by atoms with Crippen LogP contribution in [0.5, 0.6) is 11.5 Å².